The summed E-state index contributed by atoms with van der Waals surface area (Å²) in [6.45, 7) is -0.810. The quantitative estimate of drug-likeness (QED) is 0.708. The van der Waals surface area contributed by atoms with Gasteiger partial charge in [0.2, 0.25) is 0 Å². The molecule has 2 heterocycles. The molecule has 82 valence electrons. The highest BCUT2D eigenvalue weighted by atomic mass is 19.4. The van der Waals surface area contributed by atoms with Gasteiger partial charge in [0.15, 0.2) is 0 Å². The van der Waals surface area contributed by atoms with Crippen LogP contribution in [0.1, 0.15) is 25.7 Å². The third-order valence-corrected chi connectivity index (χ3v) is 3.22. The van der Waals surface area contributed by atoms with Crippen molar-refractivity contribution in [3.63, 3.8) is 0 Å². The summed E-state index contributed by atoms with van der Waals surface area (Å²) in [5.41, 5.74) is 0. The molecule has 2 bridgehead atoms. The molecule has 0 saturated carbocycles. The summed E-state index contributed by atoms with van der Waals surface area (Å²) < 4.78 is 36.6. The lowest BCUT2D eigenvalue weighted by atomic mass is 10.00. The second kappa shape index (κ2) is 3.38. The Morgan fingerprint density at radius 2 is 1.64 bits per heavy atom. The Labute approximate surface area is 80.7 Å². The van der Waals surface area contributed by atoms with Gasteiger partial charge in [0.1, 0.15) is 0 Å². The van der Waals surface area contributed by atoms with Gasteiger partial charge in [-0.3, -0.25) is 4.90 Å². The van der Waals surface area contributed by atoms with Gasteiger partial charge in [-0.05, 0) is 25.7 Å². The maximum Gasteiger partial charge on any atom is 0.401 e. The molecular weight excluding hydrogens is 195 g/mol. The molecule has 0 aromatic heterocycles. The van der Waals surface area contributed by atoms with Crippen LogP contribution in [0.25, 0.3) is 0 Å². The van der Waals surface area contributed by atoms with Crippen LogP contribution in [0.4, 0.5) is 13.2 Å². The number of piperidine rings is 1. The van der Waals surface area contributed by atoms with E-state index in [1.165, 1.54) is 4.90 Å². The Kier molecular flexibility index (Phi) is 2.47. The Morgan fingerprint density at radius 1 is 1.14 bits per heavy atom. The van der Waals surface area contributed by atoms with E-state index in [9.17, 15) is 18.3 Å². The number of aliphatic hydroxyl groups is 1. The van der Waals surface area contributed by atoms with Crippen LogP contribution < -0.4 is 0 Å². The van der Waals surface area contributed by atoms with E-state index in [0.29, 0.717) is 12.8 Å². The van der Waals surface area contributed by atoms with Gasteiger partial charge in [-0.25, -0.2) is 0 Å². The number of hydrogen-bond acceptors (Lipinski definition) is 2. The Bertz CT molecular complexity index is 205. The molecule has 0 amide bonds. The van der Waals surface area contributed by atoms with E-state index in [4.69, 9.17) is 0 Å². The minimum atomic E-state index is -4.11. The maximum atomic E-state index is 12.2. The van der Waals surface area contributed by atoms with Gasteiger partial charge in [0.05, 0.1) is 12.6 Å². The average molecular weight is 209 g/mol. The summed E-state index contributed by atoms with van der Waals surface area (Å²) >= 11 is 0. The van der Waals surface area contributed by atoms with E-state index in [-0.39, 0.29) is 12.1 Å². The predicted molar refractivity (Wildman–Crippen MR) is 44.8 cm³/mol. The van der Waals surface area contributed by atoms with Crippen molar-refractivity contribution in [1.82, 2.24) is 4.90 Å². The zero-order valence-corrected chi connectivity index (χ0v) is 7.80. The van der Waals surface area contributed by atoms with Crippen LogP contribution in [0.5, 0.6) is 0 Å². The molecule has 2 nitrogen and oxygen atoms in total. The first kappa shape index (κ1) is 10.2. The fraction of sp³-hybridized carbons (Fsp3) is 1.00. The molecule has 0 radical (unpaired) electrons. The first-order chi connectivity index (χ1) is 6.46. The normalized spacial score (nSPS) is 39.0. The van der Waals surface area contributed by atoms with Gasteiger partial charge in [0.25, 0.3) is 0 Å². The molecule has 0 aliphatic carbocycles. The number of hydrogen-bond donors (Lipinski definition) is 1. The van der Waals surface area contributed by atoms with E-state index >= 15 is 0 Å². The van der Waals surface area contributed by atoms with E-state index in [1.54, 1.807) is 0 Å². The van der Waals surface area contributed by atoms with Crippen LogP contribution in [0, 0.1) is 0 Å². The van der Waals surface area contributed by atoms with Crippen molar-refractivity contribution in [2.75, 3.05) is 6.54 Å². The number of halogens is 3. The van der Waals surface area contributed by atoms with Crippen LogP contribution in [0.2, 0.25) is 0 Å². The van der Waals surface area contributed by atoms with Crippen LogP contribution in [0.3, 0.4) is 0 Å². The van der Waals surface area contributed by atoms with Crippen LogP contribution >= 0.6 is 0 Å². The van der Waals surface area contributed by atoms with Gasteiger partial charge in [-0.1, -0.05) is 0 Å². The van der Waals surface area contributed by atoms with Gasteiger partial charge in [-0.15, -0.1) is 0 Å². The molecule has 0 aromatic carbocycles. The summed E-state index contributed by atoms with van der Waals surface area (Å²) in [5, 5.41) is 9.40. The van der Waals surface area contributed by atoms with Crippen molar-refractivity contribution in [3.8, 4) is 0 Å². The summed E-state index contributed by atoms with van der Waals surface area (Å²) in [4.78, 5) is 1.52. The second-order valence-corrected chi connectivity index (χ2v) is 4.30. The highest BCUT2D eigenvalue weighted by molar-refractivity contribution is 4.95. The lowest BCUT2D eigenvalue weighted by Crippen LogP contribution is -2.48. The van der Waals surface area contributed by atoms with Crippen molar-refractivity contribution < 1.29 is 18.3 Å². The molecule has 2 aliphatic heterocycles. The van der Waals surface area contributed by atoms with Crippen molar-refractivity contribution in [2.45, 2.75) is 50.0 Å². The van der Waals surface area contributed by atoms with Crippen molar-refractivity contribution >= 4 is 0 Å². The van der Waals surface area contributed by atoms with Gasteiger partial charge in [0, 0.05) is 12.1 Å². The van der Waals surface area contributed by atoms with Crippen LogP contribution in [-0.2, 0) is 0 Å². The lowest BCUT2D eigenvalue weighted by molar-refractivity contribution is -0.158. The minimum absolute atomic E-state index is 0.0506. The fourth-order valence-corrected chi connectivity index (χ4v) is 2.71. The topological polar surface area (TPSA) is 23.5 Å². The molecule has 5 heteroatoms. The Morgan fingerprint density at radius 3 is 2.07 bits per heavy atom. The van der Waals surface area contributed by atoms with Gasteiger partial charge >= 0.3 is 6.18 Å². The van der Waals surface area contributed by atoms with Crippen molar-refractivity contribution in [1.29, 1.82) is 0 Å². The predicted octanol–water partition coefficient (Wildman–Crippen LogP) is 1.54. The maximum absolute atomic E-state index is 12.2. The molecule has 2 aliphatic rings. The lowest BCUT2D eigenvalue weighted by Gasteiger charge is -2.37. The number of nitrogens with zero attached hydrogens (tertiary/aromatic N) is 1. The fourth-order valence-electron chi connectivity index (χ4n) is 2.71. The smallest absolute Gasteiger partial charge is 0.393 e. The monoisotopic (exact) mass is 209 g/mol. The SMILES string of the molecule is OC1C[C@H]2CC[C@@H](C1)N2CC(F)(F)F. The molecule has 3 atom stereocenters. The summed E-state index contributed by atoms with van der Waals surface area (Å²) in [6, 6.07) is -0.101. The molecule has 0 spiro atoms. The Balaban J connectivity index is 2.01. The summed E-state index contributed by atoms with van der Waals surface area (Å²) in [7, 11) is 0. The zero-order chi connectivity index (χ0) is 10.3. The molecule has 0 aromatic rings. The van der Waals surface area contributed by atoms with Gasteiger partial charge < -0.3 is 5.11 Å². The van der Waals surface area contributed by atoms with Gasteiger partial charge in [-0.2, -0.15) is 13.2 Å². The Hall–Kier alpha value is -0.290. The minimum Gasteiger partial charge on any atom is -0.393 e. The van der Waals surface area contributed by atoms with Crippen molar-refractivity contribution in [3.05, 3.63) is 0 Å². The van der Waals surface area contributed by atoms with Crippen molar-refractivity contribution in [2.24, 2.45) is 0 Å². The number of rotatable bonds is 1. The van der Waals surface area contributed by atoms with E-state index in [0.717, 1.165) is 12.8 Å². The number of aliphatic hydroxyl groups excluding tert-OH is 1. The molecule has 1 N–H and O–H groups in total. The molecule has 2 fully saturated rings. The van der Waals surface area contributed by atoms with E-state index in [2.05, 4.69) is 0 Å². The molecular formula is C9H14F3NO. The van der Waals surface area contributed by atoms with Crippen LogP contribution in [0.15, 0.2) is 0 Å². The molecule has 2 saturated heterocycles. The van der Waals surface area contributed by atoms with Crippen LogP contribution in [-0.4, -0.2) is 40.9 Å². The standard InChI is InChI=1S/C9H14F3NO/c10-9(11,12)5-13-6-1-2-7(13)4-8(14)3-6/h6-8,14H,1-5H2/t6-,7+,8?. The number of alkyl halides is 3. The highest BCUT2D eigenvalue weighted by Crippen LogP contribution is 2.37. The first-order valence-corrected chi connectivity index (χ1v) is 4.96. The molecule has 1 unspecified atom stereocenters. The number of fused-ring (bicyclic) bond motifs is 2. The summed E-state index contributed by atoms with van der Waals surface area (Å²) in [5.74, 6) is 0. The largest absolute Gasteiger partial charge is 0.401 e. The zero-order valence-electron chi connectivity index (χ0n) is 7.80. The second-order valence-electron chi connectivity index (χ2n) is 4.30. The molecule has 14 heavy (non-hydrogen) atoms. The third-order valence-electron chi connectivity index (χ3n) is 3.22. The highest BCUT2D eigenvalue weighted by Gasteiger charge is 2.44. The first-order valence-electron chi connectivity index (χ1n) is 4.96. The van der Waals surface area contributed by atoms with E-state index in [1.807, 2.05) is 0 Å². The molecule has 2 rings (SSSR count). The third kappa shape index (κ3) is 2.03. The van der Waals surface area contributed by atoms with E-state index < -0.39 is 18.8 Å². The average Bonchev–Trinajstić information content (AvgIpc) is 2.31. The summed E-state index contributed by atoms with van der Waals surface area (Å²) in [6.07, 6.45) is -1.88.